The van der Waals surface area contributed by atoms with Crippen molar-refractivity contribution in [3.05, 3.63) is 108 Å². The van der Waals surface area contributed by atoms with Gasteiger partial charge >= 0.3 is 10.2 Å². The maximum Gasteiger partial charge on any atom is 0.303 e. The van der Waals surface area contributed by atoms with Crippen LogP contribution in [0.2, 0.25) is 0 Å². The number of aromatic nitrogens is 1. The van der Waals surface area contributed by atoms with Gasteiger partial charge in [0.1, 0.15) is 5.82 Å². The lowest BCUT2D eigenvalue weighted by molar-refractivity contribution is 0.102. The molecule has 200 valence electrons. The first kappa shape index (κ1) is 26.4. The first-order valence-corrected chi connectivity index (χ1v) is 14.0. The zero-order chi connectivity index (χ0) is 27.7. The minimum absolute atomic E-state index is 0.0483. The van der Waals surface area contributed by atoms with Crippen LogP contribution in [0.3, 0.4) is 0 Å². The normalized spacial score (nSPS) is 11.8. The highest BCUT2D eigenvalue weighted by Gasteiger charge is 2.27. The molecule has 0 saturated heterocycles. The van der Waals surface area contributed by atoms with Crippen molar-refractivity contribution in [3.8, 4) is 0 Å². The van der Waals surface area contributed by atoms with Gasteiger partial charge in [-0.2, -0.15) is 12.7 Å². The second-order valence-corrected chi connectivity index (χ2v) is 11.5. The van der Waals surface area contributed by atoms with Gasteiger partial charge in [0.2, 0.25) is 0 Å². The van der Waals surface area contributed by atoms with Crippen LogP contribution in [-0.2, 0) is 23.3 Å². The molecule has 9 heteroatoms. The molecule has 7 nitrogen and oxygen atoms in total. The van der Waals surface area contributed by atoms with Gasteiger partial charge in [0, 0.05) is 53.7 Å². The fourth-order valence-corrected chi connectivity index (χ4v) is 5.85. The summed E-state index contributed by atoms with van der Waals surface area (Å²) in [6.45, 7) is 2.85. The smallest absolute Gasteiger partial charge is 0.303 e. The Labute approximate surface area is 227 Å². The number of anilines is 2. The zero-order valence-corrected chi connectivity index (χ0v) is 22.7. The van der Waals surface area contributed by atoms with Crippen LogP contribution in [-0.4, -0.2) is 37.3 Å². The van der Waals surface area contributed by atoms with Crippen molar-refractivity contribution in [2.24, 2.45) is 0 Å². The topological polar surface area (TPSA) is 74.6 Å². The summed E-state index contributed by atoms with van der Waals surface area (Å²) < 4.78 is 44.8. The van der Waals surface area contributed by atoms with Gasteiger partial charge < -0.3 is 9.88 Å². The van der Waals surface area contributed by atoms with Gasteiger partial charge in [-0.3, -0.25) is 9.10 Å². The van der Waals surface area contributed by atoms with Crippen molar-refractivity contribution in [1.82, 2.24) is 8.87 Å². The number of carbonyl (C=O) groups is 1. The third kappa shape index (κ3) is 4.98. The molecule has 0 saturated carbocycles. The van der Waals surface area contributed by atoms with Crippen molar-refractivity contribution in [3.63, 3.8) is 0 Å². The van der Waals surface area contributed by atoms with Gasteiger partial charge in [0.15, 0.2) is 0 Å². The number of benzene rings is 4. The van der Waals surface area contributed by atoms with E-state index in [4.69, 9.17) is 0 Å². The number of fused-ring (bicyclic) bond motifs is 3. The Hall–Kier alpha value is -4.21. The Morgan fingerprint density at radius 3 is 2.23 bits per heavy atom. The molecule has 0 aliphatic carbocycles. The van der Waals surface area contributed by atoms with Gasteiger partial charge in [-0.05, 0) is 61.0 Å². The van der Waals surface area contributed by atoms with Crippen LogP contribution >= 0.6 is 0 Å². The minimum atomic E-state index is -3.97. The largest absolute Gasteiger partial charge is 0.341 e. The first-order chi connectivity index (χ1) is 18.7. The molecule has 5 aromatic rings. The van der Waals surface area contributed by atoms with Crippen LogP contribution in [0.15, 0.2) is 91.0 Å². The number of halogens is 1. The Bertz CT molecular complexity index is 1780. The highest BCUT2D eigenvalue weighted by molar-refractivity contribution is 7.90. The number of hydrogen-bond acceptors (Lipinski definition) is 3. The second kappa shape index (κ2) is 10.5. The molecule has 39 heavy (non-hydrogen) atoms. The predicted octanol–water partition coefficient (Wildman–Crippen LogP) is 6.02. The molecule has 0 spiro atoms. The van der Waals surface area contributed by atoms with E-state index in [1.165, 1.54) is 32.3 Å². The molecule has 0 aliphatic rings. The SMILES string of the molecule is CCn1c2ccccc2c2cc(NC(=O)c3ccc(CN(c4ccccc4F)S(=O)(=O)N(C)C)cc3)ccc21. The molecule has 5 rings (SSSR count). The van der Waals surface area contributed by atoms with Crippen LogP contribution in [0.1, 0.15) is 22.8 Å². The van der Waals surface area contributed by atoms with Gasteiger partial charge in [0.05, 0.1) is 12.2 Å². The van der Waals surface area contributed by atoms with Crippen molar-refractivity contribution < 1.29 is 17.6 Å². The molecular formula is C30H29FN4O3S. The van der Waals surface area contributed by atoms with Crippen LogP contribution in [0.5, 0.6) is 0 Å². The molecular weight excluding hydrogens is 515 g/mol. The summed E-state index contributed by atoms with van der Waals surface area (Å²) in [4.78, 5) is 13.0. The number of nitrogens with zero attached hydrogens (tertiary/aromatic N) is 3. The van der Waals surface area contributed by atoms with E-state index in [0.717, 1.165) is 37.0 Å². The monoisotopic (exact) mass is 544 g/mol. The van der Waals surface area contributed by atoms with Crippen molar-refractivity contribution >= 4 is 49.3 Å². The second-order valence-electron chi connectivity index (χ2n) is 9.39. The van der Waals surface area contributed by atoms with Crippen LogP contribution in [0, 0.1) is 5.82 Å². The van der Waals surface area contributed by atoms with Gasteiger partial charge in [-0.1, -0.05) is 42.5 Å². The first-order valence-electron chi connectivity index (χ1n) is 12.6. The molecule has 0 atom stereocenters. The molecule has 1 amide bonds. The average molecular weight is 545 g/mol. The summed E-state index contributed by atoms with van der Waals surface area (Å²) in [5, 5.41) is 5.16. The van der Waals surface area contributed by atoms with Crippen molar-refractivity contribution in [2.75, 3.05) is 23.7 Å². The van der Waals surface area contributed by atoms with Gasteiger partial charge in [0.25, 0.3) is 5.91 Å². The van der Waals surface area contributed by atoms with E-state index in [0.29, 0.717) is 16.8 Å². The third-order valence-electron chi connectivity index (χ3n) is 6.75. The summed E-state index contributed by atoms with van der Waals surface area (Å²) in [6.07, 6.45) is 0. The maximum absolute atomic E-state index is 14.5. The van der Waals surface area contributed by atoms with Crippen molar-refractivity contribution in [1.29, 1.82) is 0 Å². The lowest BCUT2D eigenvalue weighted by Gasteiger charge is -2.27. The molecule has 0 unspecified atom stereocenters. The minimum Gasteiger partial charge on any atom is -0.341 e. The molecule has 0 radical (unpaired) electrons. The summed E-state index contributed by atoms with van der Waals surface area (Å²) in [7, 11) is -1.17. The summed E-state index contributed by atoms with van der Waals surface area (Å²) >= 11 is 0. The van der Waals surface area contributed by atoms with E-state index in [1.807, 2.05) is 30.3 Å². The van der Waals surface area contributed by atoms with E-state index in [2.05, 4.69) is 28.9 Å². The highest BCUT2D eigenvalue weighted by Crippen LogP contribution is 2.31. The molecule has 0 fully saturated rings. The maximum atomic E-state index is 14.5. The van der Waals surface area contributed by atoms with Gasteiger partial charge in [-0.15, -0.1) is 0 Å². The molecule has 1 N–H and O–H groups in total. The number of nitrogens with one attached hydrogen (secondary N) is 1. The number of aryl methyl sites for hydroxylation is 1. The van der Waals surface area contributed by atoms with E-state index in [9.17, 15) is 17.6 Å². The molecule has 1 heterocycles. The van der Waals surface area contributed by atoms with E-state index >= 15 is 0 Å². The van der Waals surface area contributed by atoms with Crippen LogP contribution < -0.4 is 9.62 Å². The number of rotatable bonds is 8. The zero-order valence-electron chi connectivity index (χ0n) is 21.9. The number of carbonyl (C=O) groups excluding carboxylic acids is 1. The van der Waals surface area contributed by atoms with E-state index in [1.54, 1.807) is 30.3 Å². The quantitative estimate of drug-likeness (QED) is 0.260. The Kier molecular flexibility index (Phi) is 7.12. The fraction of sp³-hybridized carbons (Fsp3) is 0.167. The predicted molar refractivity (Wildman–Crippen MR) is 155 cm³/mol. The van der Waals surface area contributed by atoms with Crippen LogP contribution in [0.4, 0.5) is 15.8 Å². The fourth-order valence-electron chi connectivity index (χ4n) is 4.74. The highest BCUT2D eigenvalue weighted by atomic mass is 32.2. The number of para-hydroxylation sites is 2. The Balaban J connectivity index is 1.38. The lowest BCUT2D eigenvalue weighted by Crippen LogP contribution is -2.40. The molecule has 0 aliphatic heterocycles. The molecule has 4 aromatic carbocycles. The standard InChI is InChI=1S/C30H29FN4O3S/c1-4-34-27-11-7-5-9-24(27)25-19-23(17-18-28(25)34)32-30(36)22-15-13-21(14-16-22)20-35(39(37,38)33(2)3)29-12-8-6-10-26(29)31/h5-19H,4,20H2,1-3H3,(H,32,36). The van der Waals surface area contributed by atoms with Gasteiger partial charge in [-0.25, -0.2) is 4.39 Å². The summed E-state index contributed by atoms with van der Waals surface area (Å²) in [6, 6.07) is 26.4. The van der Waals surface area contributed by atoms with E-state index < -0.39 is 16.0 Å². The number of hydrogen-bond donors (Lipinski definition) is 1. The summed E-state index contributed by atoms with van der Waals surface area (Å²) in [5.41, 5.74) is 3.91. The van der Waals surface area contributed by atoms with E-state index in [-0.39, 0.29) is 18.1 Å². The summed E-state index contributed by atoms with van der Waals surface area (Å²) in [5.74, 6) is -0.926. The molecule has 0 bridgehead atoms. The van der Waals surface area contributed by atoms with Crippen LogP contribution in [0.25, 0.3) is 21.8 Å². The molecule has 1 aromatic heterocycles. The Morgan fingerprint density at radius 2 is 1.54 bits per heavy atom. The average Bonchev–Trinajstić information content (AvgIpc) is 3.25. The third-order valence-corrected chi connectivity index (χ3v) is 8.56. The number of amides is 1. The van der Waals surface area contributed by atoms with Crippen molar-refractivity contribution in [2.45, 2.75) is 20.0 Å². The Morgan fingerprint density at radius 1 is 0.872 bits per heavy atom. The lowest BCUT2D eigenvalue weighted by atomic mass is 10.1.